The Morgan fingerprint density at radius 2 is 1.69 bits per heavy atom. The van der Waals surface area contributed by atoms with Crippen molar-refractivity contribution in [3.8, 4) is 0 Å². The Balaban J connectivity index is 2.04. The third kappa shape index (κ3) is 7.28. The lowest BCUT2D eigenvalue weighted by atomic mass is 10.2. The smallest absolute Gasteiger partial charge is 0.242 e. The van der Waals surface area contributed by atoms with E-state index in [0.29, 0.717) is 24.8 Å². The zero-order chi connectivity index (χ0) is 21.4. The number of aromatic nitrogens is 1. The summed E-state index contributed by atoms with van der Waals surface area (Å²) < 4.78 is 2.03. The summed E-state index contributed by atoms with van der Waals surface area (Å²) in [6.07, 6.45) is 1.98. The van der Waals surface area contributed by atoms with Gasteiger partial charge in [-0.3, -0.25) is 9.59 Å². The molecule has 158 valence electrons. The lowest BCUT2D eigenvalue weighted by Gasteiger charge is -2.31. The molecule has 0 aliphatic heterocycles. The van der Waals surface area contributed by atoms with E-state index < -0.39 is 0 Å². The van der Waals surface area contributed by atoms with Gasteiger partial charge in [0.25, 0.3) is 0 Å². The van der Waals surface area contributed by atoms with Crippen LogP contribution in [0.1, 0.15) is 33.4 Å². The van der Waals surface area contributed by atoms with Crippen LogP contribution in [-0.4, -0.2) is 51.1 Å². The van der Waals surface area contributed by atoms with Crippen molar-refractivity contribution in [3.05, 3.63) is 54.4 Å². The minimum absolute atomic E-state index is 0.00772. The fourth-order valence-electron chi connectivity index (χ4n) is 3.10. The maximum absolute atomic E-state index is 13.1. The summed E-state index contributed by atoms with van der Waals surface area (Å²) in [4.78, 5) is 30.6. The van der Waals surface area contributed by atoms with E-state index in [1.54, 1.807) is 4.90 Å². The minimum Gasteiger partial charge on any atom is -0.353 e. The summed E-state index contributed by atoms with van der Waals surface area (Å²) >= 11 is 1.51. The van der Waals surface area contributed by atoms with Crippen molar-refractivity contribution in [3.63, 3.8) is 0 Å². The largest absolute Gasteiger partial charge is 0.353 e. The third-order valence-corrected chi connectivity index (χ3v) is 5.69. The van der Waals surface area contributed by atoms with Gasteiger partial charge < -0.3 is 14.4 Å². The highest BCUT2D eigenvalue weighted by Crippen LogP contribution is 2.18. The van der Waals surface area contributed by atoms with E-state index >= 15 is 0 Å². The maximum Gasteiger partial charge on any atom is 0.242 e. The number of hydrogen-bond acceptors (Lipinski definition) is 3. The van der Waals surface area contributed by atoms with Gasteiger partial charge in [-0.2, -0.15) is 0 Å². The first-order valence-electron chi connectivity index (χ1n) is 10.1. The van der Waals surface area contributed by atoms with Gasteiger partial charge in [-0.15, -0.1) is 11.8 Å². The van der Waals surface area contributed by atoms with Crippen molar-refractivity contribution in [1.29, 1.82) is 0 Å². The van der Waals surface area contributed by atoms with E-state index in [4.69, 9.17) is 0 Å². The van der Waals surface area contributed by atoms with Crippen molar-refractivity contribution >= 4 is 23.6 Å². The number of amides is 2. The molecule has 0 fully saturated rings. The second-order valence-electron chi connectivity index (χ2n) is 8.00. The van der Waals surface area contributed by atoms with Crippen LogP contribution in [0.25, 0.3) is 0 Å². The Bertz CT molecular complexity index is 786. The van der Waals surface area contributed by atoms with Crippen LogP contribution in [0.4, 0.5) is 0 Å². The monoisotopic (exact) mass is 415 g/mol. The first-order chi connectivity index (χ1) is 13.8. The number of benzene rings is 1. The number of carbonyl (C=O) groups is 2. The molecule has 0 spiro atoms. The Morgan fingerprint density at radius 3 is 2.24 bits per heavy atom. The van der Waals surface area contributed by atoms with Crippen LogP contribution in [0.3, 0.4) is 0 Å². The molecule has 0 unspecified atom stereocenters. The second-order valence-corrected chi connectivity index (χ2v) is 9.04. The predicted octanol–water partition coefficient (Wildman–Crippen LogP) is 4.04. The van der Waals surface area contributed by atoms with E-state index in [1.807, 2.05) is 79.0 Å². The molecule has 2 rings (SSSR count). The Hall–Kier alpha value is -2.21. The van der Waals surface area contributed by atoms with Gasteiger partial charge in [-0.05, 0) is 44.0 Å². The van der Waals surface area contributed by atoms with E-state index in [2.05, 4.69) is 13.8 Å². The molecular weight excluding hydrogens is 382 g/mol. The molecule has 1 aromatic heterocycles. The lowest BCUT2D eigenvalue weighted by molar-refractivity contribution is -0.141. The number of rotatable bonds is 10. The topological polar surface area (TPSA) is 45.6 Å². The average Bonchev–Trinajstić information content (AvgIpc) is 3.08. The predicted molar refractivity (Wildman–Crippen MR) is 120 cm³/mol. The highest BCUT2D eigenvalue weighted by Gasteiger charge is 2.24. The highest BCUT2D eigenvalue weighted by molar-refractivity contribution is 8.00. The number of nitrogens with zero attached hydrogens (tertiary/aromatic N) is 3. The molecule has 0 saturated carbocycles. The third-order valence-electron chi connectivity index (χ3n) is 4.70. The van der Waals surface area contributed by atoms with Crippen molar-refractivity contribution in [2.45, 2.75) is 45.2 Å². The molecule has 1 heterocycles. The fraction of sp³-hybridized carbons (Fsp3) is 0.478. The molecule has 5 nitrogen and oxygen atoms in total. The van der Waals surface area contributed by atoms with Gasteiger partial charge in [-0.25, -0.2) is 0 Å². The average molecular weight is 416 g/mol. The maximum atomic E-state index is 13.1. The van der Waals surface area contributed by atoms with Crippen molar-refractivity contribution in [2.24, 2.45) is 13.0 Å². The van der Waals surface area contributed by atoms with Crippen molar-refractivity contribution in [2.75, 3.05) is 18.8 Å². The fourth-order valence-corrected chi connectivity index (χ4v) is 3.91. The molecular formula is C23H33N3O2S. The first-order valence-corrected chi connectivity index (χ1v) is 11.1. The molecule has 0 N–H and O–H groups in total. The molecule has 2 amide bonds. The van der Waals surface area contributed by atoms with E-state index in [9.17, 15) is 9.59 Å². The standard InChI is InChI=1S/C23H33N3O2S/c1-18(2)14-25(15-20-10-9-13-24(20)5)22(27)16-26(19(3)4)23(28)17-29-21-11-7-6-8-12-21/h6-13,18-19H,14-17H2,1-5H3. The van der Waals surface area contributed by atoms with Crippen molar-refractivity contribution in [1.82, 2.24) is 14.4 Å². The first kappa shape index (κ1) is 23.1. The quantitative estimate of drug-likeness (QED) is 0.550. The molecule has 0 atom stereocenters. The van der Waals surface area contributed by atoms with Crippen LogP contribution in [-0.2, 0) is 23.2 Å². The van der Waals surface area contributed by atoms with Gasteiger partial charge in [0.15, 0.2) is 0 Å². The van der Waals surface area contributed by atoms with Crippen LogP contribution < -0.4 is 0 Å². The minimum atomic E-state index is -0.0289. The van der Waals surface area contributed by atoms with Crippen LogP contribution in [0, 0.1) is 5.92 Å². The van der Waals surface area contributed by atoms with Gasteiger partial charge >= 0.3 is 0 Å². The molecule has 0 radical (unpaired) electrons. The summed E-state index contributed by atoms with van der Waals surface area (Å²) in [6, 6.07) is 13.9. The molecule has 0 bridgehead atoms. The summed E-state index contributed by atoms with van der Waals surface area (Å²) in [5.74, 6) is 0.672. The number of aryl methyl sites for hydroxylation is 1. The second kappa shape index (κ2) is 11.1. The zero-order valence-electron chi connectivity index (χ0n) is 18.2. The molecule has 0 saturated heterocycles. The van der Waals surface area contributed by atoms with E-state index in [0.717, 1.165) is 10.6 Å². The summed E-state index contributed by atoms with van der Waals surface area (Å²) in [5.41, 5.74) is 1.08. The molecule has 0 aliphatic rings. The molecule has 1 aromatic carbocycles. The van der Waals surface area contributed by atoms with E-state index in [1.165, 1.54) is 11.8 Å². The van der Waals surface area contributed by atoms with Gasteiger partial charge in [-0.1, -0.05) is 32.0 Å². The zero-order valence-corrected chi connectivity index (χ0v) is 19.0. The molecule has 6 heteroatoms. The summed E-state index contributed by atoms with van der Waals surface area (Å²) in [5, 5.41) is 0. The number of carbonyl (C=O) groups excluding carboxylic acids is 2. The molecule has 29 heavy (non-hydrogen) atoms. The van der Waals surface area contributed by atoms with E-state index in [-0.39, 0.29) is 24.4 Å². The lowest BCUT2D eigenvalue weighted by Crippen LogP contribution is -2.47. The Morgan fingerprint density at radius 1 is 1.00 bits per heavy atom. The molecule has 0 aliphatic carbocycles. The summed E-state index contributed by atoms with van der Waals surface area (Å²) in [6.45, 7) is 9.47. The van der Waals surface area contributed by atoms with Crippen molar-refractivity contribution < 1.29 is 9.59 Å². The van der Waals surface area contributed by atoms with Crippen LogP contribution in [0.5, 0.6) is 0 Å². The molecule has 2 aromatic rings. The van der Waals surface area contributed by atoms with Gasteiger partial charge in [0.05, 0.1) is 12.3 Å². The number of hydrogen-bond donors (Lipinski definition) is 0. The highest BCUT2D eigenvalue weighted by atomic mass is 32.2. The van der Waals surface area contributed by atoms with Crippen LogP contribution >= 0.6 is 11.8 Å². The van der Waals surface area contributed by atoms with Crippen LogP contribution in [0.15, 0.2) is 53.6 Å². The normalized spacial score (nSPS) is 11.1. The summed E-state index contributed by atoms with van der Waals surface area (Å²) in [7, 11) is 1.98. The van der Waals surface area contributed by atoms with Gasteiger partial charge in [0.2, 0.25) is 11.8 Å². The van der Waals surface area contributed by atoms with Crippen LogP contribution in [0.2, 0.25) is 0 Å². The Kier molecular flexibility index (Phi) is 8.83. The van der Waals surface area contributed by atoms with Gasteiger partial charge in [0.1, 0.15) is 6.54 Å². The number of thioether (sulfide) groups is 1. The Labute approximate surface area is 179 Å². The van der Waals surface area contributed by atoms with Gasteiger partial charge in [0, 0.05) is 36.4 Å². The SMILES string of the molecule is CC(C)CN(Cc1cccn1C)C(=O)CN(C(=O)CSc1ccccc1)C(C)C.